The highest BCUT2D eigenvalue weighted by molar-refractivity contribution is 6.28. The van der Waals surface area contributed by atoms with Gasteiger partial charge in [-0.25, -0.2) is 4.99 Å². The smallest absolute Gasteiger partial charge is 0.115 e. The molecule has 1 aliphatic heterocycles. The van der Waals surface area contributed by atoms with Gasteiger partial charge in [-0.05, 0) is 31.2 Å². The first-order valence-corrected chi connectivity index (χ1v) is 7.59. The Morgan fingerprint density at radius 1 is 1.20 bits per heavy atom. The van der Waals surface area contributed by atoms with Crippen LogP contribution in [0.25, 0.3) is 0 Å². The van der Waals surface area contributed by atoms with Crippen LogP contribution in [0.2, 0.25) is 0 Å². The van der Waals surface area contributed by atoms with Crippen LogP contribution in [0, 0.1) is 0 Å². The first-order chi connectivity index (χ1) is 9.67. The summed E-state index contributed by atoms with van der Waals surface area (Å²) in [7, 11) is 2.18. The fourth-order valence-corrected chi connectivity index (χ4v) is 2.35. The Morgan fingerprint density at radius 2 is 1.85 bits per heavy atom. The lowest BCUT2D eigenvalue weighted by molar-refractivity contribution is 0.155. The minimum absolute atomic E-state index is 0.269. The topological polar surface area (TPSA) is 44.9 Å². The quantitative estimate of drug-likeness (QED) is 0.511. The Kier molecular flexibility index (Phi) is 5.83. The molecule has 0 saturated carbocycles. The summed E-state index contributed by atoms with van der Waals surface area (Å²) in [6.07, 6.45) is 1.08. The van der Waals surface area contributed by atoms with Gasteiger partial charge in [-0.2, -0.15) is 0 Å². The second-order valence-electron chi connectivity index (χ2n) is 5.30. The number of amidine groups is 1. The molecule has 1 aromatic carbocycles. The second-order valence-corrected chi connectivity index (χ2v) is 5.57. The van der Waals surface area contributed by atoms with Crippen molar-refractivity contribution in [2.24, 2.45) is 10.7 Å². The molecule has 0 bridgehead atoms. The van der Waals surface area contributed by atoms with E-state index in [-0.39, 0.29) is 5.88 Å². The number of halogens is 1. The van der Waals surface area contributed by atoms with Gasteiger partial charge < -0.3 is 15.5 Å². The van der Waals surface area contributed by atoms with Crippen molar-refractivity contribution in [1.29, 1.82) is 0 Å². The zero-order valence-corrected chi connectivity index (χ0v) is 12.8. The first kappa shape index (κ1) is 15.3. The molecule has 110 valence electrons. The van der Waals surface area contributed by atoms with Crippen molar-refractivity contribution < 1.29 is 0 Å². The van der Waals surface area contributed by atoms with Crippen LogP contribution >= 0.6 is 11.6 Å². The van der Waals surface area contributed by atoms with Crippen LogP contribution in [0.4, 0.5) is 5.69 Å². The van der Waals surface area contributed by atoms with Crippen LogP contribution in [0.1, 0.15) is 5.56 Å². The summed E-state index contributed by atoms with van der Waals surface area (Å²) in [5.74, 6) is 0.724. The molecule has 5 heteroatoms. The van der Waals surface area contributed by atoms with Crippen molar-refractivity contribution in [3.8, 4) is 0 Å². The molecule has 2 rings (SSSR count). The van der Waals surface area contributed by atoms with Gasteiger partial charge in [-0.3, -0.25) is 0 Å². The highest BCUT2D eigenvalue weighted by Gasteiger charge is 2.12. The molecule has 0 aromatic heterocycles. The van der Waals surface area contributed by atoms with E-state index >= 15 is 0 Å². The lowest BCUT2D eigenvalue weighted by atomic mass is 10.1. The fourth-order valence-electron chi connectivity index (χ4n) is 2.29. The largest absolute Gasteiger partial charge is 0.386 e. The molecule has 0 spiro atoms. The van der Waals surface area contributed by atoms with E-state index in [1.807, 2.05) is 12.1 Å². The number of alkyl halides is 1. The highest BCUT2D eigenvalue weighted by atomic mass is 35.5. The number of nitrogens with zero attached hydrogens (tertiary/aromatic N) is 3. The number of nitrogens with two attached hydrogens (primary N) is 1. The number of benzene rings is 1. The van der Waals surface area contributed by atoms with E-state index in [0.29, 0.717) is 5.84 Å². The van der Waals surface area contributed by atoms with E-state index in [9.17, 15) is 0 Å². The maximum atomic E-state index is 5.62. The maximum absolute atomic E-state index is 5.62. The van der Waals surface area contributed by atoms with Crippen LogP contribution in [-0.2, 0) is 6.42 Å². The number of hydrogen-bond acceptors (Lipinski definition) is 3. The first-order valence-electron chi connectivity index (χ1n) is 7.06. The predicted molar refractivity (Wildman–Crippen MR) is 86.1 cm³/mol. The number of rotatable bonds is 5. The van der Waals surface area contributed by atoms with Crippen molar-refractivity contribution in [2.45, 2.75) is 6.42 Å². The summed E-state index contributed by atoms with van der Waals surface area (Å²) >= 11 is 5.61. The summed E-state index contributed by atoms with van der Waals surface area (Å²) in [6, 6.07) is 8.24. The molecule has 20 heavy (non-hydrogen) atoms. The minimum Gasteiger partial charge on any atom is -0.386 e. The number of piperazine rings is 1. The summed E-state index contributed by atoms with van der Waals surface area (Å²) in [6.45, 7) is 5.81. The van der Waals surface area contributed by atoms with Crippen LogP contribution in [-0.4, -0.2) is 61.3 Å². The van der Waals surface area contributed by atoms with Crippen LogP contribution in [0.15, 0.2) is 29.3 Å². The molecule has 1 saturated heterocycles. The molecule has 0 atom stereocenters. The Bertz CT molecular complexity index is 436. The highest BCUT2D eigenvalue weighted by Crippen LogP contribution is 2.14. The van der Waals surface area contributed by atoms with Gasteiger partial charge in [0, 0.05) is 32.7 Å². The van der Waals surface area contributed by atoms with E-state index in [1.54, 1.807) is 0 Å². The van der Waals surface area contributed by atoms with Gasteiger partial charge in [0.1, 0.15) is 5.84 Å². The summed E-state index contributed by atoms with van der Waals surface area (Å²) in [4.78, 5) is 9.13. The van der Waals surface area contributed by atoms with Gasteiger partial charge >= 0.3 is 0 Å². The standard InChI is InChI=1S/C15H23ClN4/c1-19-8-10-20(11-9-19)7-6-13-2-4-14(5-3-13)18-15(17)12-16/h2-5H,6-12H2,1H3,(H2,17,18). The SMILES string of the molecule is CN1CCN(CCc2ccc(N=C(N)CCl)cc2)CC1. The van der Waals surface area contributed by atoms with Gasteiger partial charge in [-0.1, -0.05) is 12.1 Å². The molecule has 4 nitrogen and oxygen atoms in total. The number of aliphatic imine (C=N–C) groups is 1. The van der Waals surface area contributed by atoms with E-state index < -0.39 is 0 Å². The Hall–Kier alpha value is -1.10. The molecular formula is C15H23ClN4. The zero-order valence-electron chi connectivity index (χ0n) is 12.1. The van der Waals surface area contributed by atoms with Crippen molar-refractivity contribution in [1.82, 2.24) is 9.80 Å². The molecular weight excluding hydrogens is 272 g/mol. The Labute approximate surface area is 126 Å². The van der Waals surface area contributed by atoms with E-state index in [2.05, 4.69) is 34.0 Å². The summed E-state index contributed by atoms with van der Waals surface area (Å²) in [5.41, 5.74) is 7.83. The van der Waals surface area contributed by atoms with E-state index in [4.69, 9.17) is 17.3 Å². The molecule has 0 unspecified atom stereocenters. The third-order valence-corrected chi connectivity index (χ3v) is 3.93. The maximum Gasteiger partial charge on any atom is 0.115 e. The average molecular weight is 295 g/mol. The van der Waals surface area contributed by atoms with E-state index in [0.717, 1.165) is 18.7 Å². The molecule has 1 aromatic rings. The molecule has 1 heterocycles. The summed E-state index contributed by atoms with van der Waals surface area (Å²) in [5, 5.41) is 0. The molecule has 0 radical (unpaired) electrons. The molecule has 1 fully saturated rings. The van der Waals surface area contributed by atoms with Crippen LogP contribution in [0.3, 0.4) is 0 Å². The lowest BCUT2D eigenvalue weighted by Gasteiger charge is -2.32. The number of hydrogen-bond donors (Lipinski definition) is 1. The van der Waals surface area contributed by atoms with Gasteiger partial charge in [0.05, 0.1) is 11.6 Å². The predicted octanol–water partition coefficient (Wildman–Crippen LogP) is 1.70. The van der Waals surface area contributed by atoms with Gasteiger partial charge in [0.25, 0.3) is 0 Å². The zero-order chi connectivity index (χ0) is 14.4. The van der Waals surface area contributed by atoms with E-state index in [1.165, 1.54) is 31.7 Å². The minimum atomic E-state index is 0.269. The Balaban J connectivity index is 1.82. The van der Waals surface area contributed by atoms with Crippen LogP contribution < -0.4 is 5.73 Å². The second kappa shape index (κ2) is 7.62. The van der Waals surface area contributed by atoms with Gasteiger partial charge in [0.2, 0.25) is 0 Å². The number of likely N-dealkylation sites (N-methyl/N-ethyl adjacent to an activating group) is 1. The van der Waals surface area contributed by atoms with Crippen molar-refractivity contribution in [3.05, 3.63) is 29.8 Å². The molecule has 2 N–H and O–H groups in total. The van der Waals surface area contributed by atoms with Crippen molar-refractivity contribution in [2.75, 3.05) is 45.7 Å². The van der Waals surface area contributed by atoms with Gasteiger partial charge in [0.15, 0.2) is 0 Å². The summed E-state index contributed by atoms with van der Waals surface area (Å²) < 4.78 is 0. The molecule has 1 aliphatic rings. The Morgan fingerprint density at radius 3 is 2.45 bits per heavy atom. The lowest BCUT2D eigenvalue weighted by Crippen LogP contribution is -2.45. The van der Waals surface area contributed by atoms with Crippen molar-refractivity contribution >= 4 is 23.1 Å². The average Bonchev–Trinajstić information content (AvgIpc) is 2.48. The van der Waals surface area contributed by atoms with Gasteiger partial charge in [-0.15, -0.1) is 11.6 Å². The third kappa shape index (κ3) is 4.78. The van der Waals surface area contributed by atoms with Crippen molar-refractivity contribution in [3.63, 3.8) is 0 Å². The molecule has 0 aliphatic carbocycles. The fraction of sp³-hybridized carbons (Fsp3) is 0.533. The molecule has 0 amide bonds. The van der Waals surface area contributed by atoms with Crippen LogP contribution in [0.5, 0.6) is 0 Å². The normalized spacial score (nSPS) is 18.4. The monoisotopic (exact) mass is 294 g/mol. The third-order valence-electron chi connectivity index (χ3n) is 3.66.